The van der Waals surface area contributed by atoms with Crippen molar-refractivity contribution in [3.8, 4) is 0 Å². The summed E-state index contributed by atoms with van der Waals surface area (Å²) in [5.41, 5.74) is 1.79. The summed E-state index contributed by atoms with van der Waals surface area (Å²) in [5.74, 6) is 1.05. The van der Waals surface area contributed by atoms with E-state index >= 15 is 0 Å². The van der Waals surface area contributed by atoms with E-state index in [2.05, 4.69) is 0 Å². The Balaban J connectivity index is 1.92. The van der Waals surface area contributed by atoms with Crippen LogP contribution in [0.25, 0.3) is 0 Å². The third-order valence-electron chi connectivity index (χ3n) is 3.73. The van der Waals surface area contributed by atoms with E-state index in [1.807, 2.05) is 25.1 Å². The minimum atomic E-state index is 0.261. The first kappa shape index (κ1) is 12.6. The number of benzene rings is 1. The van der Waals surface area contributed by atoms with Crippen LogP contribution in [0.5, 0.6) is 0 Å². The maximum Gasteiger partial charge on any atom is 0.162 e. The molecule has 0 bridgehead atoms. The third-order valence-corrected chi connectivity index (χ3v) is 4.16. The summed E-state index contributed by atoms with van der Waals surface area (Å²) < 4.78 is 0. The van der Waals surface area contributed by atoms with Crippen molar-refractivity contribution in [2.75, 3.05) is 0 Å². The summed E-state index contributed by atoms with van der Waals surface area (Å²) in [6, 6.07) is 5.56. The van der Waals surface area contributed by atoms with E-state index in [0.717, 1.165) is 28.5 Å². The van der Waals surface area contributed by atoms with Crippen molar-refractivity contribution in [3.63, 3.8) is 0 Å². The summed E-state index contributed by atoms with van der Waals surface area (Å²) in [5, 5.41) is 0.734. The Labute approximate surface area is 108 Å². The molecule has 92 valence electrons. The normalized spacial score (nSPS) is 16.4. The van der Waals surface area contributed by atoms with Crippen LogP contribution in [0, 0.1) is 12.8 Å². The van der Waals surface area contributed by atoms with E-state index in [-0.39, 0.29) is 5.78 Å². The van der Waals surface area contributed by atoms with E-state index in [1.165, 1.54) is 25.7 Å². The zero-order chi connectivity index (χ0) is 12.3. The van der Waals surface area contributed by atoms with Crippen LogP contribution in [0.2, 0.25) is 5.02 Å². The highest BCUT2D eigenvalue weighted by atomic mass is 35.5. The molecule has 1 nitrogen and oxygen atoms in total. The van der Waals surface area contributed by atoms with Crippen molar-refractivity contribution in [2.24, 2.45) is 5.92 Å². The van der Waals surface area contributed by atoms with Gasteiger partial charge in [0.25, 0.3) is 0 Å². The summed E-state index contributed by atoms with van der Waals surface area (Å²) in [6.07, 6.45) is 7.06. The van der Waals surface area contributed by atoms with Crippen LogP contribution < -0.4 is 0 Å². The molecule has 0 aromatic heterocycles. The smallest absolute Gasteiger partial charge is 0.162 e. The van der Waals surface area contributed by atoms with Gasteiger partial charge in [-0.3, -0.25) is 4.79 Å². The van der Waals surface area contributed by atoms with E-state index in [4.69, 9.17) is 11.6 Å². The zero-order valence-corrected chi connectivity index (χ0v) is 11.1. The fourth-order valence-electron chi connectivity index (χ4n) is 2.60. The minimum absolute atomic E-state index is 0.261. The second-order valence-corrected chi connectivity index (χ2v) is 5.48. The summed E-state index contributed by atoms with van der Waals surface area (Å²) in [7, 11) is 0. The quantitative estimate of drug-likeness (QED) is 0.702. The fraction of sp³-hybridized carbons (Fsp3) is 0.533. The molecule has 1 aromatic rings. The monoisotopic (exact) mass is 250 g/mol. The van der Waals surface area contributed by atoms with Gasteiger partial charge in [0.1, 0.15) is 0 Å². The second-order valence-electron chi connectivity index (χ2n) is 5.08. The maximum absolute atomic E-state index is 12.0. The molecule has 1 saturated carbocycles. The van der Waals surface area contributed by atoms with Gasteiger partial charge in [-0.15, -0.1) is 0 Å². The molecule has 2 rings (SSSR count). The van der Waals surface area contributed by atoms with E-state index < -0.39 is 0 Å². The molecular weight excluding hydrogens is 232 g/mol. The molecule has 0 aliphatic heterocycles. The first-order valence-electron chi connectivity index (χ1n) is 6.46. The average molecular weight is 251 g/mol. The van der Waals surface area contributed by atoms with Crippen molar-refractivity contribution < 1.29 is 4.79 Å². The van der Waals surface area contributed by atoms with Crippen LogP contribution in [0.3, 0.4) is 0 Å². The predicted molar refractivity (Wildman–Crippen MR) is 71.7 cm³/mol. The SMILES string of the molecule is Cc1cc(C(=O)CCC2CCCC2)ccc1Cl. The maximum atomic E-state index is 12.0. The van der Waals surface area contributed by atoms with E-state index in [0.29, 0.717) is 6.42 Å². The number of halogens is 1. The number of aryl methyl sites for hydroxylation is 1. The molecule has 0 amide bonds. The zero-order valence-electron chi connectivity index (χ0n) is 10.3. The Hall–Kier alpha value is -0.820. The van der Waals surface area contributed by atoms with Crippen LogP contribution in [0.15, 0.2) is 18.2 Å². The fourth-order valence-corrected chi connectivity index (χ4v) is 2.71. The van der Waals surface area contributed by atoms with Gasteiger partial charge in [-0.05, 0) is 43.0 Å². The molecule has 0 radical (unpaired) electrons. The Morgan fingerprint density at radius 3 is 2.71 bits per heavy atom. The first-order chi connectivity index (χ1) is 8.16. The second kappa shape index (κ2) is 5.68. The van der Waals surface area contributed by atoms with Gasteiger partial charge in [0.05, 0.1) is 0 Å². The van der Waals surface area contributed by atoms with Crippen LogP contribution in [0.4, 0.5) is 0 Å². The van der Waals surface area contributed by atoms with Crippen molar-refractivity contribution in [1.29, 1.82) is 0 Å². The minimum Gasteiger partial charge on any atom is -0.294 e. The number of hydrogen-bond acceptors (Lipinski definition) is 1. The van der Waals surface area contributed by atoms with Gasteiger partial charge in [-0.2, -0.15) is 0 Å². The molecular formula is C15H19ClO. The Morgan fingerprint density at radius 1 is 1.35 bits per heavy atom. The lowest BCUT2D eigenvalue weighted by Gasteiger charge is -2.08. The number of hydrogen-bond donors (Lipinski definition) is 0. The topological polar surface area (TPSA) is 17.1 Å². The molecule has 1 aliphatic carbocycles. The average Bonchev–Trinajstić information content (AvgIpc) is 2.82. The van der Waals surface area contributed by atoms with Gasteiger partial charge in [-0.1, -0.05) is 37.3 Å². The highest BCUT2D eigenvalue weighted by molar-refractivity contribution is 6.31. The number of rotatable bonds is 4. The van der Waals surface area contributed by atoms with Crippen LogP contribution >= 0.6 is 11.6 Å². The van der Waals surface area contributed by atoms with Gasteiger partial charge in [0, 0.05) is 17.0 Å². The largest absolute Gasteiger partial charge is 0.294 e. The predicted octanol–water partition coefficient (Wildman–Crippen LogP) is 4.80. The Kier molecular flexibility index (Phi) is 4.22. The van der Waals surface area contributed by atoms with Crippen molar-refractivity contribution in [2.45, 2.75) is 45.4 Å². The molecule has 1 fully saturated rings. The molecule has 0 heterocycles. The Bertz CT molecular complexity index is 405. The molecule has 0 saturated heterocycles. The summed E-state index contributed by atoms with van der Waals surface area (Å²) >= 11 is 5.95. The molecule has 0 unspecified atom stereocenters. The highest BCUT2D eigenvalue weighted by Crippen LogP contribution is 2.29. The van der Waals surface area contributed by atoms with E-state index in [1.54, 1.807) is 0 Å². The lowest BCUT2D eigenvalue weighted by atomic mass is 9.97. The molecule has 0 atom stereocenters. The van der Waals surface area contributed by atoms with Gasteiger partial charge < -0.3 is 0 Å². The summed E-state index contributed by atoms with van der Waals surface area (Å²) in [4.78, 5) is 12.0. The van der Waals surface area contributed by atoms with Crippen LogP contribution in [-0.4, -0.2) is 5.78 Å². The number of carbonyl (C=O) groups is 1. The molecule has 2 heteroatoms. The van der Waals surface area contributed by atoms with Gasteiger partial charge in [0.2, 0.25) is 0 Å². The highest BCUT2D eigenvalue weighted by Gasteiger charge is 2.16. The van der Waals surface area contributed by atoms with E-state index in [9.17, 15) is 4.79 Å². The molecule has 1 aliphatic rings. The van der Waals surface area contributed by atoms with Crippen LogP contribution in [0.1, 0.15) is 54.4 Å². The van der Waals surface area contributed by atoms with Crippen molar-refractivity contribution >= 4 is 17.4 Å². The van der Waals surface area contributed by atoms with Crippen molar-refractivity contribution in [1.82, 2.24) is 0 Å². The molecule has 0 spiro atoms. The van der Waals surface area contributed by atoms with Crippen molar-refractivity contribution in [3.05, 3.63) is 34.3 Å². The number of ketones is 1. The number of Topliss-reactive ketones (excluding diaryl/α,β-unsaturated/α-hetero) is 1. The van der Waals surface area contributed by atoms with Gasteiger partial charge in [-0.25, -0.2) is 0 Å². The lowest BCUT2D eigenvalue weighted by molar-refractivity contribution is 0.0974. The summed E-state index contributed by atoms with van der Waals surface area (Å²) in [6.45, 7) is 1.94. The molecule has 17 heavy (non-hydrogen) atoms. The van der Waals surface area contributed by atoms with Crippen LogP contribution in [-0.2, 0) is 0 Å². The van der Waals surface area contributed by atoms with Gasteiger partial charge >= 0.3 is 0 Å². The molecule has 0 N–H and O–H groups in total. The Morgan fingerprint density at radius 2 is 2.06 bits per heavy atom. The van der Waals surface area contributed by atoms with Gasteiger partial charge in [0.15, 0.2) is 5.78 Å². The molecule has 1 aromatic carbocycles. The third kappa shape index (κ3) is 3.32. The standard InChI is InChI=1S/C15H19ClO/c1-11-10-13(7-8-14(11)16)15(17)9-6-12-4-2-3-5-12/h7-8,10,12H,2-6,9H2,1H3. The number of carbonyl (C=O) groups excluding carboxylic acids is 1. The lowest BCUT2D eigenvalue weighted by Crippen LogP contribution is -2.03. The first-order valence-corrected chi connectivity index (χ1v) is 6.84.